The standard InChI is InChI=1S/C71H137NO5/c1-3-5-7-9-11-13-15-17-19-21-28-31-35-39-43-47-51-55-59-63-69(74)68(67-73)72-70(75)64-60-56-52-48-44-40-36-32-29-26-24-23-25-27-30-34-38-42-46-50-54-58-62-66-77-71(76)65-61-57-53-49-45-41-37-33-22-20-18-16-14-12-10-8-6-4-2/h23,25-26,29,68-69,73-74H,3-22,24,27-28,30-67H2,1-2H3,(H,72,75)/b25-23-,29-26-. The van der Waals surface area contributed by atoms with Crippen molar-refractivity contribution in [1.29, 1.82) is 0 Å². The van der Waals surface area contributed by atoms with Gasteiger partial charge >= 0.3 is 5.97 Å². The molecule has 0 aromatic heterocycles. The molecule has 0 saturated heterocycles. The number of carbonyl (C=O) groups excluding carboxylic acids is 2. The lowest BCUT2D eigenvalue weighted by Crippen LogP contribution is -2.45. The maximum Gasteiger partial charge on any atom is 0.305 e. The zero-order valence-corrected chi connectivity index (χ0v) is 52.2. The van der Waals surface area contributed by atoms with E-state index in [4.69, 9.17) is 4.74 Å². The molecule has 456 valence electrons. The van der Waals surface area contributed by atoms with Gasteiger partial charge in [-0.05, 0) is 57.8 Å². The molecule has 0 aliphatic rings. The minimum absolute atomic E-state index is 0.0123. The van der Waals surface area contributed by atoms with E-state index in [9.17, 15) is 19.8 Å². The largest absolute Gasteiger partial charge is 0.466 e. The molecule has 0 aromatic rings. The van der Waals surface area contributed by atoms with Gasteiger partial charge in [-0.15, -0.1) is 0 Å². The second-order valence-electron chi connectivity index (χ2n) is 24.2. The van der Waals surface area contributed by atoms with Crippen LogP contribution in [0.4, 0.5) is 0 Å². The van der Waals surface area contributed by atoms with Gasteiger partial charge in [-0.3, -0.25) is 9.59 Å². The van der Waals surface area contributed by atoms with Crippen molar-refractivity contribution < 1.29 is 24.5 Å². The number of carbonyl (C=O) groups is 2. The predicted octanol–water partition coefficient (Wildman–Crippen LogP) is 22.5. The van der Waals surface area contributed by atoms with Crippen molar-refractivity contribution in [2.75, 3.05) is 13.2 Å². The number of unbranched alkanes of at least 4 members (excludes halogenated alkanes) is 51. The summed E-state index contributed by atoms with van der Waals surface area (Å²) in [5.74, 6) is -0.0293. The fraction of sp³-hybridized carbons (Fsp3) is 0.915. The van der Waals surface area contributed by atoms with Crippen molar-refractivity contribution in [1.82, 2.24) is 5.32 Å². The summed E-state index contributed by atoms with van der Waals surface area (Å²) >= 11 is 0. The minimum atomic E-state index is -0.672. The highest BCUT2D eigenvalue weighted by molar-refractivity contribution is 5.76. The number of aliphatic hydroxyl groups excluding tert-OH is 2. The van der Waals surface area contributed by atoms with Crippen LogP contribution in [0, 0.1) is 0 Å². The van der Waals surface area contributed by atoms with E-state index in [0.29, 0.717) is 25.9 Å². The molecule has 0 rings (SSSR count). The van der Waals surface area contributed by atoms with Crippen molar-refractivity contribution >= 4 is 11.9 Å². The summed E-state index contributed by atoms with van der Waals surface area (Å²) in [6, 6.07) is -0.550. The Kier molecular flexibility index (Phi) is 65.4. The molecule has 0 bridgehead atoms. The molecular formula is C71H137NO5. The summed E-state index contributed by atoms with van der Waals surface area (Å²) in [5.41, 5.74) is 0. The average Bonchev–Trinajstić information content (AvgIpc) is 3.43. The number of nitrogens with one attached hydrogen (secondary N) is 1. The van der Waals surface area contributed by atoms with Crippen LogP contribution < -0.4 is 5.32 Å². The molecule has 2 atom stereocenters. The van der Waals surface area contributed by atoms with E-state index in [-0.39, 0.29) is 18.5 Å². The van der Waals surface area contributed by atoms with Crippen molar-refractivity contribution in [2.45, 2.75) is 405 Å². The van der Waals surface area contributed by atoms with Crippen LogP contribution in [-0.4, -0.2) is 47.4 Å². The Labute approximate surface area is 481 Å². The van der Waals surface area contributed by atoms with Crippen molar-refractivity contribution in [2.24, 2.45) is 0 Å². The SMILES string of the molecule is CCCCCCCCCCCCCCCCCCCCCC(O)C(CO)NC(=O)CCCCCCCCC/C=C\C/C=C\CCCCCCCCCCCOC(=O)CCCCCCCCCCCCCCCCCCCC. The number of hydrogen-bond acceptors (Lipinski definition) is 5. The number of aliphatic hydroxyl groups is 2. The predicted molar refractivity (Wildman–Crippen MR) is 338 cm³/mol. The van der Waals surface area contributed by atoms with Gasteiger partial charge in [0, 0.05) is 12.8 Å². The number of esters is 1. The van der Waals surface area contributed by atoms with Crippen LogP contribution in [-0.2, 0) is 14.3 Å². The van der Waals surface area contributed by atoms with Crippen LogP contribution >= 0.6 is 0 Å². The summed E-state index contributed by atoms with van der Waals surface area (Å²) < 4.78 is 5.50. The van der Waals surface area contributed by atoms with Gasteiger partial charge in [-0.25, -0.2) is 0 Å². The average molecular weight is 1080 g/mol. The van der Waals surface area contributed by atoms with Crippen molar-refractivity contribution in [3.63, 3.8) is 0 Å². The van der Waals surface area contributed by atoms with Gasteiger partial charge in [0.2, 0.25) is 5.91 Å². The molecule has 3 N–H and O–H groups in total. The Morgan fingerprint density at radius 2 is 0.649 bits per heavy atom. The monoisotopic (exact) mass is 1080 g/mol. The first-order valence-corrected chi connectivity index (χ1v) is 35.1. The van der Waals surface area contributed by atoms with E-state index in [1.807, 2.05) is 0 Å². The van der Waals surface area contributed by atoms with Gasteiger partial charge in [0.25, 0.3) is 0 Å². The molecule has 0 aliphatic heterocycles. The third-order valence-electron chi connectivity index (χ3n) is 16.5. The normalized spacial score (nSPS) is 12.6. The van der Waals surface area contributed by atoms with Gasteiger partial charge in [0.15, 0.2) is 0 Å². The Morgan fingerprint density at radius 3 is 0.987 bits per heavy atom. The molecule has 0 aliphatic carbocycles. The van der Waals surface area contributed by atoms with E-state index in [1.165, 1.54) is 315 Å². The third-order valence-corrected chi connectivity index (χ3v) is 16.5. The van der Waals surface area contributed by atoms with Gasteiger partial charge in [0.05, 0.1) is 25.4 Å². The van der Waals surface area contributed by atoms with Gasteiger partial charge in [-0.1, -0.05) is 346 Å². The summed E-state index contributed by atoms with van der Waals surface area (Å²) in [7, 11) is 0. The quantitative estimate of drug-likeness (QED) is 0.0320. The summed E-state index contributed by atoms with van der Waals surface area (Å²) in [4.78, 5) is 24.6. The molecular weight excluding hydrogens is 947 g/mol. The molecule has 0 heterocycles. The molecule has 0 spiro atoms. The second kappa shape index (κ2) is 66.8. The highest BCUT2D eigenvalue weighted by Crippen LogP contribution is 2.19. The third kappa shape index (κ3) is 63.4. The molecule has 6 nitrogen and oxygen atoms in total. The summed E-state index contributed by atoms with van der Waals surface area (Å²) in [6.07, 6.45) is 83.6. The van der Waals surface area contributed by atoms with Crippen LogP contribution in [0.25, 0.3) is 0 Å². The van der Waals surface area contributed by atoms with Crippen LogP contribution in [0.15, 0.2) is 24.3 Å². The van der Waals surface area contributed by atoms with E-state index in [1.54, 1.807) is 0 Å². The molecule has 0 radical (unpaired) electrons. The highest BCUT2D eigenvalue weighted by atomic mass is 16.5. The summed E-state index contributed by atoms with van der Waals surface area (Å²) in [6.45, 7) is 4.99. The lowest BCUT2D eigenvalue weighted by Gasteiger charge is -2.22. The molecule has 1 amide bonds. The second-order valence-corrected chi connectivity index (χ2v) is 24.2. The molecule has 77 heavy (non-hydrogen) atoms. The van der Waals surface area contributed by atoms with E-state index in [0.717, 1.165) is 44.9 Å². The Balaban J connectivity index is 3.42. The molecule has 2 unspecified atom stereocenters. The fourth-order valence-corrected chi connectivity index (χ4v) is 11.1. The maximum atomic E-state index is 12.5. The number of hydrogen-bond donors (Lipinski definition) is 3. The van der Waals surface area contributed by atoms with Crippen LogP contribution in [0.2, 0.25) is 0 Å². The van der Waals surface area contributed by atoms with Gasteiger partial charge in [-0.2, -0.15) is 0 Å². The fourth-order valence-electron chi connectivity index (χ4n) is 11.1. The Bertz CT molecular complexity index is 1200. The zero-order chi connectivity index (χ0) is 55.7. The number of rotatable bonds is 66. The maximum absolute atomic E-state index is 12.5. The van der Waals surface area contributed by atoms with E-state index >= 15 is 0 Å². The highest BCUT2D eigenvalue weighted by Gasteiger charge is 2.20. The Morgan fingerprint density at radius 1 is 0.364 bits per heavy atom. The molecule has 0 aromatic carbocycles. The van der Waals surface area contributed by atoms with Crippen molar-refractivity contribution in [3.05, 3.63) is 24.3 Å². The van der Waals surface area contributed by atoms with E-state index in [2.05, 4.69) is 43.5 Å². The number of ether oxygens (including phenoxy) is 1. The lowest BCUT2D eigenvalue weighted by molar-refractivity contribution is -0.143. The zero-order valence-electron chi connectivity index (χ0n) is 52.2. The smallest absolute Gasteiger partial charge is 0.305 e. The Hall–Kier alpha value is -1.66. The van der Waals surface area contributed by atoms with Gasteiger partial charge in [0.1, 0.15) is 0 Å². The van der Waals surface area contributed by atoms with E-state index < -0.39 is 12.1 Å². The first-order valence-electron chi connectivity index (χ1n) is 35.1. The van der Waals surface area contributed by atoms with Crippen LogP contribution in [0.3, 0.4) is 0 Å². The first kappa shape index (κ1) is 75.3. The van der Waals surface area contributed by atoms with Gasteiger partial charge < -0.3 is 20.3 Å². The molecule has 0 saturated carbocycles. The molecule has 6 heteroatoms. The number of allylic oxidation sites excluding steroid dienone is 4. The lowest BCUT2D eigenvalue weighted by atomic mass is 10.0. The minimum Gasteiger partial charge on any atom is -0.466 e. The topological polar surface area (TPSA) is 95.9 Å². The van der Waals surface area contributed by atoms with Crippen LogP contribution in [0.5, 0.6) is 0 Å². The molecule has 0 fully saturated rings. The summed E-state index contributed by atoms with van der Waals surface area (Å²) in [5, 5.41) is 23.4. The van der Waals surface area contributed by atoms with Crippen molar-refractivity contribution in [3.8, 4) is 0 Å². The number of amides is 1. The first-order chi connectivity index (χ1) is 38.0. The van der Waals surface area contributed by atoms with Crippen LogP contribution in [0.1, 0.15) is 393 Å².